The van der Waals surface area contributed by atoms with Crippen LogP contribution in [0.15, 0.2) is 18.2 Å². The van der Waals surface area contributed by atoms with Gasteiger partial charge in [0.05, 0.1) is 7.11 Å². The molecule has 0 radical (unpaired) electrons. The van der Waals surface area contributed by atoms with Crippen molar-refractivity contribution in [2.75, 3.05) is 7.11 Å². The van der Waals surface area contributed by atoms with Crippen LogP contribution in [0.1, 0.15) is 25.3 Å². The Balaban J connectivity index is 2.12. The molecule has 1 atom stereocenters. The first-order valence-electron chi connectivity index (χ1n) is 5.64. The first-order chi connectivity index (χ1) is 7.53. The lowest BCUT2D eigenvalue weighted by Crippen LogP contribution is -2.40. The smallest absolute Gasteiger partial charge is 0.165 e. The van der Waals surface area contributed by atoms with Crippen molar-refractivity contribution < 1.29 is 9.13 Å². The molecule has 1 aliphatic carbocycles. The summed E-state index contributed by atoms with van der Waals surface area (Å²) in [5.41, 5.74) is 6.95. The lowest BCUT2D eigenvalue weighted by molar-refractivity contribution is 0.383. The summed E-state index contributed by atoms with van der Waals surface area (Å²) in [7, 11) is 1.47. The van der Waals surface area contributed by atoms with E-state index < -0.39 is 0 Å². The minimum atomic E-state index is -0.313. The van der Waals surface area contributed by atoms with Crippen LogP contribution >= 0.6 is 0 Å². The molecular weight excluding hydrogens is 205 g/mol. The molecule has 2 nitrogen and oxygen atoms in total. The number of nitrogens with two attached hydrogens (primary N) is 1. The maximum atomic E-state index is 13.5. The van der Waals surface area contributed by atoms with Gasteiger partial charge in [0.15, 0.2) is 11.6 Å². The summed E-state index contributed by atoms with van der Waals surface area (Å²) in [5.74, 6) is 0.568. The maximum Gasteiger partial charge on any atom is 0.165 e. The first kappa shape index (κ1) is 11.4. The van der Waals surface area contributed by atoms with E-state index in [-0.39, 0.29) is 17.1 Å². The quantitative estimate of drug-likeness (QED) is 0.851. The summed E-state index contributed by atoms with van der Waals surface area (Å²) in [5, 5.41) is 0. The normalized spacial score (nSPS) is 19.2. The lowest BCUT2D eigenvalue weighted by atomic mass is 9.89. The summed E-state index contributed by atoms with van der Waals surface area (Å²) in [6, 6.07) is 5.06. The second-order valence-corrected chi connectivity index (χ2v) is 4.93. The highest BCUT2D eigenvalue weighted by molar-refractivity contribution is 5.30. The number of ether oxygens (including phenoxy) is 1. The van der Waals surface area contributed by atoms with Crippen molar-refractivity contribution in [1.29, 1.82) is 0 Å². The third-order valence-electron chi connectivity index (χ3n) is 3.31. The largest absolute Gasteiger partial charge is 0.494 e. The van der Waals surface area contributed by atoms with Gasteiger partial charge in [-0.1, -0.05) is 6.07 Å². The summed E-state index contributed by atoms with van der Waals surface area (Å²) in [6.45, 7) is 2.05. The molecule has 0 spiro atoms. The molecule has 0 heterocycles. The van der Waals surface area contributed by atoms with E-state index in [9.17, 15) is 4.39 Å². The van der Waals surface area contributed by atoms with E-state index in [0.29, 0.717) is 5.92 Å². The second kappa shape index (κ2) is 4.06. The van der Waals surface area contributed by atoms with Gasteiger partial charge in [0.1, 0.15) is 0 Å². The summed E-state index contributed by atoms with van der Waals surface area (Å²) in [4.78, 5) is 0. The van der Waals surface area contributed by atoms with Crippen LogP contribution in [0.4, 0.5) is 4.39 Å². The van der Waals surface area contributed by atoms with Gasteiger partial charge >= 0.3 is 0 Å². The number of benzene rings is 1. The van der Waals surface area contributed by atoms with E-state index in [1.807, 2.05) is 13.0 Å². The third kappa shape index (κ3) is 2.35. The van der Waals surface area contributed by atoms with Crippen LogP contribution in [0.5, 0.6) is 5.75 Å². The highest BCUT2D eigenvalue weighted by atomic mass is 19.1. The molecule has 2 rings (SSSR count). The number of hydrogen-bond acceptors (Lipinski definition) is 2. The van der Waals surface area contributed by atoms with Crippen molar-refractivity contribution in [2.24, 2.45) is 11.7 Å². The molecule has 0 bridgehead atoms. The summed E-state index contributed by atoms with van der Waals surface area (Å²) in [6.07, 6.45) is 3.12. The molecule has 3 heteroatoms. The predicted molar refractivity (Wildman–Crippen MR) is 62.0 cm³/mol. The molecule has 1 unspecified atom stereocenters. The summed E-state index contributed by atoms with van der Waals surface area (Å²) >= 11 is 0. The fourth-order valence-electron chi connectivity index (χ4n) is 2.15. The highest BCUT2D eigenvalue weighted by Crippen LogP contribution is 2.39. The van der Waals surface area contributed by atoms with Crippen molar-refractivity contribution in [3.63, 3.8) is 0 Å². The Bertz CT molecular complexity index is 386. The zero-order valence-electron chi connectivity index (χ0n) is 9.79. The Morgan fingerprint density at radius 3 is 2.69 bits per heavy atom. The van der Waals surface area contributed by atoms with Crippen LogP contribution in [0.3, 0.4) is 0 Å². The first-order valence-corrected chi connectivity index (χ1v) is 5.64. The van der Waals surface area contributed by atoms with Crippen molar-refractivity contribution >= 4 is 0 Å². The summed E-state index contributed by atoms with van der Waals surface area (Å²) < 4.78 is 18.4. The van der Waals surface area contributed by atoms with Gasteiger partial charge in [-0.3, -0.25) is 0 Å². The molecular formula is C13H18FNO. The van der Waals surface area contributed by atoms with Gasteiger partial charge in [0.25, 0.3) is 0 Å². The van der Waals surface area contributed by atoms with Gasteiger partial charge in [-0.25, -0.2) is 4.39 Å². The maximum absolute atomic E-state index is 13.5. The molecule has 1 aliphatic rings. The van der Waals surface area contributed by atoms with Gasteiger partial charge in [-0.2, -0.15) is 0 Å². The topological polar surface area (TPSA) is 35.2 Å². The molecule has 1 saturated carbocycles. The minimum Gasteiger partial charge on any atom is -0.494 e. The van der Waals surface area contributed by atoms with Gasteiger partial charge < -0.3 is 10.5 Å². The average Bonchev–Trinajstić information content (AvgIpc) is 3.00. The Morgan fingerprint density at radius 1 is 1.50 bits per heavy atom. The van der Waals surface area contributed by atoms with Crippen molar-refractivity contribution in [3.8, 4) is 5.75 Å². The Kier molecular flexibility index (Phi) is 2.89. The fourth-order valence-corrected chi connectivity index (χ4v) is 2.15. The van der Waals surface area contributed by atoms with Crippen LogP contribution in [-0.2, 0) is 6.42 Å². The van der Waals surface area contributed by atoms with Crippen molar-refractivity contribution in [1.82, 2.24) is 0 Å². The molecule has 0 aliphatic heterocycles. The Hall–Kier alpha value is -1.09. The number of rotatable bonds is 4. The molecule has 0 saturated heterocycles. The SMILES string of the molecule is COc1ccc(CC(C)(N)C2CC2)cc1F. The van der Waals surface area contributed by atoms with Crippen LogP contribution in [0, 0.1) is 11.7 Å². The molecule has 1 fully saturated rings. The third-order valence-corrected chi connectivity index (χ3v) is 3.31. The van der Waals surface area contributed by atoms with Crippen LogP contribution in [-0.4, -0.2) is 12.6 Å². The van der Waals surface area contributed by atoms with Crippen LogP contribution in [0.2, 0.25) is 0 Å². The number of methoxy groups -OCH3 is 1. The Labute approximate surface area is 95.6 Å². The van der Waals surface area contributed by atoms with Gasteiger partial charge in [0, 0.05) is 5.54 Å². The van der Waals surface area contributed by atoms with Gasteiger partial charge in [-0.05, 0) is 49.8 Å². The van der Waals surface area contributed by atoms with Crippen molar-refractivity contribution in [2.45, 2.75) is 31.7 Å². The van der Waals surface area contributed by atoms with E-state index in [4.69, 9.17) is 10.5 Å². The van der Waals surface area contributed by atoms with E-state index in [1.165, 1.54) is 26.0 Å². The number of halogens is 1. The molecule has 0 amide bonds. The van der Waals surface area contributed by atoms with E-state index >= 15 is 0 Å². The van der Waals surface area contributed by atoms with Crippen LogP contribution < -0.4 is 10.5 Å². The number of hydrogen-bond donors (Lipinski definition) is 1. The predicted octanol–water partition coefficient (Wildman–Crippen LogP) is 2.50. The minimum absolute atomic E-state index is 0.207. The van der Waals surface area contributed by atoms with E-state index in [1.54, 1.807) is 6.07 Å². The zero-order valence-corrected chi connectivity index (χ0v) is 9.79. The standard InChI is InChI=1S/C13H18FNO/c1-13(15,10-4-5-10)8-9-3-6-12(16-2)11(14)7-9/h3,6-7,10H,4-5,8,15H2,1-2H3. The second-order valence-electron chi connectivity index (χ2n) is 4.93. The molecule has 2 N–H and O–H groups in total. The molecule has 0 aromatic heterocycles. The zero-order chi connectivity index (χ0) is 11.8. The molecule has 88 valence electrons. The van der Waals surface area contributed by atoms with Crippen LogP contribution in [0.25, 0.3) is 0 Å². The van der Waals surface area contributed by atoms with E-state index in [0.717, 1.165) is 12.0 Å². The fraction of sp³-hybridized carbons (Fsp3) is 0.538. The highest BCUT2D eigenvalue weighted by Gasteiger charge is 2.38. The van der Waals surface area contributed by atoms with Crippen molar-refractivity contribution in [3.05, 3.63) is 29.6 Å². The average molecular weight is 223 g/mol. The van der Waals surface area contributed by atoms with E-state index in [2.05, 4.69) is 0 Å². The van der Waals surface area contributed by atoms with Gasteiger partial charge in [-0.15, -0.1) is 0 Å². The monoisotopic (exact) mass is 223 g/mol. The Morgan fingerprint density at radius 2 is 2.19 bits per heavy atom. The van der Waals surface area contributed by atoms with Gasteiger partial charge in [0.2, 0.25) is 0 Å². The molecule has 16 heavy (non-hydrogen) atoms. The molecule has 1 aromatic carbocycles. The molecule has 1 aromatic rings. The lowest BCUT2D eigenvalue weighted by Gasteiger charge is -2.24.